The van der Waals surface area contributed by atoms with E-state index in [2.05, 4.69) is 5.32 Å². The third-order valence-electron chi connectivity index (χ3n) is 3.12. The highest BCUT2D eigenvalue weighted by atomic mass is 19.3. The predicted octanol–water partition coefficient (Wildman–Crippen LogP) is 3.31. The van der Waals surface area contributed by atoms with Crippen LogP contribution in [-0.4, -0.2) is 13.0 Å². The molecule has 1 aromatic rings. The van der Waals surface area contributed by atoms with E-state index in [9.17, 15) is 8.78 Å². The molecule has 1 heterocycles. The fourth-order valence-electron chi connectivity index (χ4n) is 2.34. The summed E-state index contributed by atoms with van der Waals surface area (Å²) in [4.78, 5) is 0. The molecule has 1 N–H and O–H groups in total. The number of hydrogen-bond acceptors (Lipinski definition) is 1. The molecule has 1 aliphatic heterocycles. The largest absolute Gasteiger partial charge is 0.310 e. The van der Waals surface area contributed by atoms with Crippen LogP contribution < -0.4 is 5.32 Å². The molecule has 1 fully saturated rings. The molecule has 1 aromatic carbocycles. The molecule has 2 rings (SSSR count). The summed E-state index contributed by atoms with van der Waals surface area (Å²) in [6.07, 6.45) is 1.03. The molecular formula is C13H17F2N. The first-order valence-electron chi connectivity index (χ1n) is 5.86. The average Bonchev–Trinajstić information content (AvgIpc) is 2.30. The van der Waals surface area contributed by atoms with Crippen molar-refractivity contribution in [1.82, 2.24) is 5.32 Å². The van der Waals surface area contributed by atoms with Gasteiger partial charge in [0.1, 0.15) is 0 Å². The second-order valence-corrected chi connectivity index (χ2v) is 4.30. The van der Waals surface area contributed by atoms with Gasteiger partial charge >= 0.3 is 0 Å². The standard InChI is InChI=1S/C13H17F2N/c14-13(15)9-10-5-1-2-6-11(10)12-7-3-4-8-16-12/h1-2,5-6,12-13,16H,3-4,7-9H2. The summed E-state index contributed by atoms with van der Waals surface area (Å²) < 4.78 is 24.9. The predicted molar refractivity (Wildman–Crippen MR) is 60.7 cm³/mol. The van der Waals surface area contributed by atoms with Crippen LogP contribution in [0.15, 0.2) is 24.3 Å². The maximum atomic E-state index is 12.4. The van der Waals surface area contributed by atoms with Gasteiger partial charge in [-0.1, -0.05) is 30.7 Å². The second-order valence-electron chi connectivity index (χ2n) is 4.30. The van der Waals surface area contributed by atoms with E-state index >= 15 is 0 Å². The fourth-order valence-corrected chi connectivity index (χ4v) is 2.34. The van der Waals surface area contributed by atoms with Gasteiger partial charge in [-0.15, -0.1) is 0 Å². The van der Waals surface area contributed by atoms with Crippen molar-refractivity contribution in [3.05, 3.63) is 35.4 Å². The van der Waals surface area contributed by atoms with Crippen LogP contribution in [0.25, 0.3) is 0 Å². The summed E-state index contributed by atoms with van der Waals surface area (Å²) in [5.41, 5.74) is 1.85. The van der Waals surface area contributed by atoms with E-state index in [0.717, 1.165) is 24.1 Å². The van der Waals surface area contributed by atoms with Crippen LogP contribution >= 0.6 is 0 Å². The van der Waals surface area contributed by atoms with Gasteiger partial charge in [-0.25, -0.2) is 8.78 Å². The van der Waals surface area contributed by atoms with Crippen LogP contribution in [-0.2, 0) is 6.42 Å². The molecule has 1 saturated heterocycles. The van der Waals surface area contributed by atoms with E-state index < -0.39 is 6.43 Å². The number of piperidine rings is 1. The molecular weight excluding hydrogens is 208 g/mol. The van der Waals surface area contributed by atoms with Crippen molar-refractivity contribution in [2.45, 2.75) is 38.2 Å². The Bertz CT molecular complexity index is 332. The first-order chi connectivity index (χ1) is 7.77. The van der Waals surface area contributed by atoms with Crippen molar-refractivity contribution in [3.63, 3.8) is 0 Å². The Kier molecular flexibility index (Phi) is 3.88. The molecule has 1 unspecified atom stereocenters. The monoisotopic (exact) mass is 225 g/mol. The number of benzene rings is 1. The lowest BCUT2D eigenvalue weighted by Crippen LogP contribution is -2.27. The SMILES string of the molecule is FC(F)Cc1ccccc1C1CCCCN1. The molecule has 0 spiro atoms. The fraction of sp³-hybridized carbons (Fsp3) is 0.538. The summed E-state index contributed by atoms with van der Waals surface area (Å²) in [6.45, 7) is 0.994. The van der Waals surface area contributed by atoms with E-state index in [0.29, 0.717) is 0 Å². The third-order valence-corrected chi connectivity index (χ3v) is 3.12. The van der Waals surface area contributed by atoms with Crippen molar-refractivity contribution in [3.8, 4) is 0 Å². The Hall–Kier alpha value is -0.960. The molecule has 16 heavy (non-hydrogen) atoms. The van der Waals surface area contributed by atoms with Crippen molar-refractivity contribution in [2.24, 2.45) is 0 Å². The Morgan fingerprint density at radius 2 is 2.06 bits per heavy atom. The van der Waals surface area contributed by atoms with Gasteiger partial charge in [0.05, 0.1) is 0 Å². The molecule has 0 saturated carbocycles. The highest BCUT2D eigenvalue weighted by Crippen LogP contribution is 2.26. The molecule has 0 amide bonds. The Morgan fingerprint density at radius 1 is 1.25 bits per heavy atom. The quantitative estimate of drug-likeness (QED) is 0.832. The minimum absolute atomic E-state index is 0.131. The minimum atomic E-state index is -2.26. The zero-order chi connectivity index (χ0) is 11.4. The Labute approximate surface area is 94.9 Å². The summed E-state index contributed by atoms with van der Waals surface area (Å²) in [5.74, 6) is 0. The second kappa shape index (κ2) is 5.39. The van der Waals surface area contributed by atoms with Crippen molar-refractivity contribution >= 4 is 0 Å². The highest BCUT2D eigenvalue weighted by molar-refractivity contribution is 5.30. The van der Waals surface area contributed by atoms with Crippen LogP contribution in [0.3, 0.4) is 0 Å². The lowest BCUT2D eigenvalue weighted by molar-refractivity contribution is 0.148. The van der Waals surface area contributed by atoms with Gasteiger partial charge in [0.2, 0.25) is 6.43 Å². The summed E-state index contributed by atoms with van der Waals surface area (Å²) >= 11 is 0. The molecule has 0 aromatic heterocycles. The molecule has 1 aliphatic rings. The Balaban J connectivity index is 2.17. The maximum Gasteiger partial charge on any atom is 0.242 e. The molecule has 0 radical (unpaired) electrons. The van der Waals surface area contributed by atoms with Crippen molar-refractivity contribution in [2.75, 3.05) is 6.54 Å². The van der Waals surface area contributed by atoms with Gasteiger partial charge in [-0.2, -0.15) is 0 Å². The van der Waals surface area contributed by atoms with Gasteiger partial charge in [-0.05, 0) is 30.5 Å². The van der Waals surface area contributed by atoms with E-state index in [1.807, 2.05) is 24.3 Å². The lowest BCUT2D eigenvalue weighted by Gasteiger charge is -2.25. The average molecular weight is 225 g/mol. The van der Waals surface area contributed by atoms with Crippen LogP contribution in [0.1, 0.15) is 36.4 Å². The highest BCUT2D eigenvalue weighted by Gasteiger charge is 2.18. The molecule has 0 aliphatic carbocycles. The van der Waals surface area contributed by atoms with E-state index in [1.54, 1.807) is 0 Å². The summed E-state index contributed by atoms with van der Waals surface area (Å²) in [5, 5.41) is 3.40. The van der Waals surface area contributed by atoms with Gasteiger partial charge in [0.25, 0.3) is 0 Å². The number of alkyl halides is 2. The van der Waals surface area contributed by atoms with Crippen LogP contribution in [0, 0.1) is 0 Å². The van der Waals surface area contributed by atoms with Gasteiger partial charge < -0.3 is 5.32 Å². The first-order valence-corrected chi connectivity index (χ1v) is 5.86. The molecule has 3 heteroatoms. The van der Waals surface area contributed by atoms with Gasteiger partial charge in [-0.3, -0.25) is 0 Å². The van der Waals surface area contributed by atoms with Crippen molar-refractivity contribution in [1.29, 1.82) is 0 Å². The zero-order valence-electron chi connectivity index (χ0n) is 9.26. The maximum absolute atomic E-state index is 12.4. The van der Waals surface area contributed by atoms with E-state index in [1.165, 1.54) is 12.8 Å². The molecule has 88 valence electrons. The lowest BCUT2D eigenvalue weighted by atomic mass is 9.92. The summed E-state index contributed by atoms with van der Waals surface area (Å²) in [7, 11) is 0. The smallest absolute Gasteiger partial charge is 0.242 e. The molecule has 1 nitrogen and oxygen atoms in total. The number of halogens is 2. The van der Waals surface area contributed by atoms with Crippen LogP contribution in [0.2, 0.25) is 0 Å². The number of hydrogen-bond donors (Lipinski definition) is 1. The van der Waals surface area contributed by atoms with E-state index in [-0.39, 0.29) is 12.5 Å². The van der Waals surface area contributed by atoms with Crippen LogP contribution in [0.4, 0.5) is 8.78 Å². The first kappa shape index (κ1) is 11.5. The topological polar surface area (TPSA) is 12.0 Å². The summed E-state index contributed by atoms with van der Waals surface area (Å²) in [6, 6.07) is 7.83. The van der Waals surface area contributed by atoms with Crippen LogP contribution in [0.5, 0.6) is 0 Å². The molecule has 1 atom stereocenters. The number of nitrogens with one attached hydrogen (secondary N) is 1. The minimum Gasteiger partial charge on any atom is -0.310 e. The van der Waals surface area contributed by atoms with Crippen molar-refractivity contribution < 1.29 is 8.78 Å². The Morgan fingerprint density at radius 3 is 2.75 bits per heavy atom. The van der Waals surface area contributed by atoms with Gasteiger partial charge in [0.15, 0.2) is 0 Å². The van der Waals surface area contributed by atoms with E-state index in [4.69, 9.17) is 0 Å². The molecule has 0 bridgehead atoms. The normalized spacial score (nSPS) is 21.3. The van der Waals surface area contributed by atoms with Gasteiger partial charge in [0, 0.05) is 12.5 Å². The third kappa shape index (κ3) is 2.79. The number of rotatable bonds is 3. The zero-order valence-corrected chi connectivity index (χ0v) is 9.26.